The van der Waals surface area contributed by atoms with Gasteiger partial charge in [-0.1, -0.05) is 43.7 Å². The van der Waals surface area contributed by atoms with E-state index in [0.29, 0.717) is 25.3 Å². The molecule has 1 aliphatic heterocycles. The molecule has 3 aliphatic rings. The molecule has 1 aromatic rings. The van der Waals surface area contributed by atoms with E-state index < -0.39 is 0 Å². The van der Waals surface area contributed by atoms with Gasteiger partial charge in [0.1, 0.15) is 0 Å². The van der Waals surface area contributed by atoms with Crippen LogP contribution in [0.3, 0.4) is 0 Å². The van der Waals surface area contributed by atoms with Gasteiger partial charge in [-0.2, -0.15) is 0 Å². The van der Waals surface area contributed by atoms with Gasteiger partial charge in [-0.15, -0.1) is 0 Å². The van der Waals surface area contributed by atoms with Gasteiger partial charge in [0.05, 0.1) is 12.1 Å². The van der Waals surface area contributed by atoms with Gasteiger partial charge in [0.2, 0.25) is 0 Å². The molecule has 0 radical (unpaired) electrons. The number of benzene rings is 1. The molecule has 182 valence electrons. The topological polar surface area (TPSA) is 64.1 Å². The maximum atomic E-state index is 13.5. The average Bonchev–Trinajstić information content (AvgIpc) is 3.05. The summed E-state index contributed by atoms with van der Waals surface area (Å²) in [6.07, 6.45) is 8.46. The van der Waals surface area contributed by atoms with Crippen molar-refractivity contribution in [2.75, 3.05) is 39.8 Å². The molecule has 2 amide bonds. The van der Waals surface area contributed by atoms with Crippen molar-refractivity contribution in [3.8, 4) is 0 Å². The summed E-state index contributed by atoms with van der Waals surface area (Å²) >= 11 is 0. The van der Waals surface area contributed by atoms with Crippen LogP contribution in [0.15, 0.2) is 30.3 Å². The molecular weight excluding hydrogens is 414 g/mol. The average molecular weight is 456 g/mol. The molecule has 1 N–H and O–H groups in total. The minimum absolute atomic E-state index is 0.00316. The predicted octanol–water partition coefficient (Wildman–Crippen LogP) is 4.03. The van der Waals surface area contributed by atoms with E-state index in [0.717, 1.165) is 38.8 Å². The molecule has 0 aromatic heterocycles. The first kappa shape index (κ1) is 24.2. The normalized spacial score (nSPS) is 28.1. The summed E-state index contributed by atoms with van der Waals surface area (Å²) in [6, 6.07) is 10.9. The number of urea groups is 1. The molecule has 2 aliphatic carbocycles. The van der Waals surface area contributed by atoms with E-state index in [9.17, 15) is 9.59 Å². The third kappa shape index (κ3) is 4.69. The number of Topliss-reactive ketones (excluding diaryl/α,β-unsaturated/α-hetero) is 1. The number of nitrogens with zero attached hydrogens (tertiary/aromatic N) is 3. The van der Waals surface area contributed by atoms with Crippen molar-refractivity contribution in [2.24, 2.45) is 5.92 Å². The van der Waals surface area contributed by atoms with Gasteiger partial charge < -0.3 is 14.9 Å². The fraction of sp³-hybridized carbons (Fsp3) is 0.704. The molecule has 0 unspecified atom stereocenters. The fourth-order valence-corrected chi connectivity index (χ4v) is 6.28. The lowest BCUT2D eigenvalue weighted by Gasteiger charge is -2.52. The largest absolute Gasteiger partial charge is 0.396 e. The van der Waals surface area contributed by atoms with E-state index in [4.69, 9.17) is 5.11 Å². The summed E-state index contributed by atoms with van der Waals surface area (Å²) in [5.74, 6) is 0.660. The molecule has 1 spiro atoms. The summed E-state index contributed by atoms with van der Waals surface area (Å²) in [5, 5.41) is 9.06. The lowest BCUT2D eigenvalue weighted by molar-refractivity contribution is -0.119. The number of aliphatic hydroxyl groups excluding tert-OH is 1. The first-order valence-electron chi connectivity index (χ1n) is 12.9. The van der Waals surface area contributed by atoms with Crippen molar-refractivity contribution in [1.29, 1.82) is 0 Å². The van der Waals surface area contributed by atoms with Gasteiger partial charge in [-0.3, -0.25) is 9.69 Å². The second kappa shape index (κ2) is 10.1. The highest BCUT2D eigenvalue weighted by atomic mass is 16.3. The number of hydrogen-bond donors (Lipinski definition) is 1. The molecule has 2 saturated carbocycles. The summed E-state index contributed by atoms with van der Waals surface area (Å²) < 4.78 is 0. The second-order valence-corrected chi connectivity index (χ2v) is 10.5. The molecular formula is C27H41N3O3. The van der Waals surface area contributed by atoms with E-state index in [1.54, 1.807) is 4.90 Å². The van der Waals surface area contributed by atoms with Gasteiger partial charge >= 0.3 is 6.03 Å². The van der Waals surface area contributed by atoms with Crippen LogP contribution in [0.2, 0.25) is 0 Å². The van der Waals surface area contributed by atoms with Crippen LogP contribution in [0.5, 0.6) is 0 Å². The Morgan fingerprint density at radius 2 is 1.85 bits per heavy atom. The van der Waals surface area contributed by atoms with E-state index in [1.807, 2.05) is 0 Å². The SMILES string of the molecule is CCN(C)C1(c2ccccc2)CCC2(CC1)CN(CC(=O)CCCO)C(=O)N2CC1CCC1. The number of aliphatic hydroxyl groups is 1. The van der Waals surface area contributed by atoms with Gasteiger partial charge in [-0.25, -0.2) is 4.79 Å². The van der Waals surface area contributed by atoms with Crippen LogP contribution < -0.4 is 0 Å². The van der Waals surface area contributed by atoms with Gasteiger partial charge in [0, 0.05) is 31.7 Å². The first-order valence-corrected chi connectivity index (χ1v) is 12.9. The van der Waals surface area contributed by atoms with E-state index in [1.165, 1.54) is 24.8 Å². The molecule has 4 rings (SSSR count). The van der Waals surface area contributed by atoms with Crippen LogP contribution in [-0.4, -0.2) is 77.0 Å². The zero-order valence-corrected chi connectivity index (χ0v) is 20.5. The van der Waals surface area contributed by atoms with E-state index in [-0.39, 0.29) is 36.0 Å². The van der Waals surface area contributed by atoms with E-state index >= 15 is 0 Å². The van der Waals surface area contributed by atoms with Crippen molar-refractivity contribution in [3.05, 3.63) is 35.9 Å². The van der Waals surface area contributed by atoms with Crippen LogP contribution in [0, 0.1) is 5.92 Å². The quantitative estimate of drug-likeness (QED) is 0.579. The molecule has 33 heavy (non-hydrogen) atoms. The maximum absolute atomic E-state index is 13.5. The first-order chi connectivity index (χ1) is 15.9. The highest BCUT2D eigenvalue weighted by molar-refractivity contribution is 5.87. The van der Waals surface area contributed by atoms with Crippen molar-refractivity contribution in [3.63, 3.8) is 0 Å². The molecule has 1 heterocycles. The minimum Gasteiger partial charge on any atom is -0.396 e. The number of amides is 2. The van der Waals surface area contributed by atoms with Crippen LogP contribution in [0.4, 0.5) is 4.79 Å². The summed E-state index contributed by atoms with van der Waals surface area (Å²) in [6.45, 7) is 4.89. The molecule has 0 atom stereocenters. The summed E-state index contributed by atoms with van der Waals surface area (Å²) in [4.78, 5) is 32.4. The number of rotatable bonds is 10. The van der Waals surface area contributed by atoms with Crippen LogP contribution in [-0.2, 0) is 10.3 Å². The van der Waals surface area contributed by atoms with Crippen molar-refractivity contribution in [2.45, 2.75) is 75.8 Å². The lowest BCUT2D eigenvalue weighted by atomic mass is 9.68. The monoisotopic (exact) mass is 455 g/mol. The van der Waals surface area contributed by atoms with Crippen molar-refractivity contribution < 1.29 is 14.7 Å². The highest BCUT2D eigenvalue weighted by Gasteiger charge is 2.55. The number of ketones is 1. The predicted molar refractivity (Wildman–Crippen MR) is 130 cm³/mol. The Morgan fingerprint density at radius 1 is 1.15 bits per heavy atom. The zero-order valence-electron chi connectivity index (χ0n) is 20.5. The van der Waals surface area contributed by atoms with Crippen molar-refractivity contribution >= 4 is 11.8 Å². The van der Waals surface area contributed by atoms with Gasteiger partial charge in [-0.05, 0) is 70.0 Å². The van der Waals surface area contributed by atoms with Gasteiger partial charge in [0.15, 0.2) is 5.78 Å². The number of carbonyl (C=O) groups is 2. The lowest BCUT2D eigenvalue weighted by Crippen LogP contribution is -2.57. The van der Waals surface area contributed by atoms with Crippen LogP contribution in [0.25, 0.3) is 0 Å². The van der Waals surface area contributed by atoms with E-state index in [2.05, 4.69) is 54.1 Å². The Kier molecular flexibility index (Phi) is 7.44. The Morgan fingerprint density at radius 3 is 2.42 bits per heavy atom. The second-order valence-electron chi connectivity index (χ2n) is 10.5. The molecule has 6 heteroatoms. The van der Waals surface area contributed by atoms with Crippen LogP contribution >= 0.6 is 0 Å². The molecule has 1 aromatic carbocycles. The van der Waals surface area contributed by atoms with Gasteiger partial charge in [0.25, 0.3) is 0 Å². The third-order valence-electron chi connectivity index (χ3n) is 8.73. The fourth-order valence-electron chi connectivity index (χ4n) is 6.28. The Labute approximate surface area is 198 Å². The molecule has 6 nitrogen and oxygen atoms in total. The summed E-state index contributed by atoms with van der Waals surface area (Å²) in [7, 11) is 2.23. The molecule has 0 bridgehead atoms. The minimum atomic E-state index is -0.170. The summed E-state index contributed by atoms with van der Waals surface area (Å²) in [5.41, 5.74) is 1.20. The Hall–Kier alpha value is -1.92. The van der Waals surface area contributed by atoms with Crippen LogP contribution in [0.1, 0.15) is 70.3 Å². The maximum Gasteiger partial charge on any atom is 0.321 e. The molecule has 1 saturated heterocycles. The third-order valence-corrected chi connectivity index (χ3v) is 8.73. The zero-order chi connectivity index (χ0) is 23.5. The number of carbonyl (C=O) groups excluding carboxylic acids is 2. The highest BCUT2D eigenvalue weighted by Crippen LogP contribution is 2.49. The smallest absolute Gasteiger partial charge is 0.321 e. The standard InChI is InChI=1S/C27H41N3O3/c1-3-28(2)27(23-11-5-4-6-12-23)16-14-26(15-17-27)21-29(20-24(32)13-8-18-31)25(33)30(26)19-22-9-7-10-22/h4-6,11-12,22,31H,3,7-10,13-21H2,1-2H3. The van der Waals surface area contributed by atoms with Crippen molar-refractivity contribution in [1.82, 2.24) is 14.7 Å². The number of hydrogen-bond acceptors (Lipinski definition) is 4. The Bertz CT molecular complexity index is 815. The molecule has 3 fully saturated rings. The Balaban J connectivity index is 1.55.